The Morgan fingerprint density at radius 3 is 2.33 bits per heavy atom. The lowest BCUT2D eigenvalue weighted by Crippen LogP contribution is -2.31. The largest absolute Gasteiger partial charge is 0.497 e. The molecule has 2 aromatic rings. The molecule has 146 valence electrons. The quantitative estimate of drug-likeness (QED) is 0.789. The molecule has 0 aromatic heterocycles. The number of aryl methyl sites for hydroxylation is 1. The van der Waals surface area contributed by atoms with E-state index in [4.69, 9.17) is 4.74 Å². The maximum atomic E-state index is 12.9. The molecule has 6 nitrogen and oxygen atoms in total. The minimum Gasteiger partial charge on any atom is -0.497 e. The van der Waals surface area contributed by atoms with E-state index in [1.165, 1.54) is 23.5 Å². The van der Waals surface area contributed by atoms with Crippen molar-refractivity contribution in [1.29, 1.82) is 0 Å². The highest BCUT2D eigenvalue weighted by atomic mass is 32.2. The van der Waals surface area contributed by atoms with Gasteiger partial charge >= 0.3 is 0 Å². The Labute approximate surface area is 161 Å². The normalized spacial score (nSPS) is 11.7. The number of benzene rings is 2. The van der Waals surface area contributed by atoms with Crippen LogP contribution in [0, 0.1) is 6.92 Å². The van der Waals surface area contributed by atoms with Crippen LogP contribution in [0.5, 0.6) is 5.75 Å². The Kier molecular flexibility index (Phi) is 6.62. The van der Waals surface area contributed by atoms with Gasteiger partial charge in [-0.25, -0.2) is 8.42 Å². The van der Waals surface area contributed by atoms with Crippen LogP contribution in [0.25, 0.3) is 0 Å². The fourth-order valence-corrected chi connectivity index (χ4v) is 3.78. The summed E-state index contributed by atoms with van der Waals surface area (Å²) < 4.78 is 32.3. The molecular weight excluding hydrogens is 364 g/mol. The molecule has 1 N–H and O–H groups in total. The van der Waals surface area contributed by atoms with Crippen molar-refractivity contribution in [3.05, 3.63) is 59.2 Å². The Balaban J connectivity index is 2.27. The van der Waals surface area contributed by atoms with Crippen LogP contribution in [0.3, 0.4) is 0 Å². The number of carbonyl (C=O) groups excluding carboxylic acids is 1. The van der Waals surface area contributed by atoms with Crippen LogP contribution in [0.1, 0.15) is 35.3 Å². The fourth-order valence-electron chi connectivity index (χ4n) is 2.60. The number of hydrogen-bond donors (Lipinski definition) is 1. The Morgan fingerprint density at radius 1 is 1.15 bits per heavy atom. The molecule has 0 fully saturated rings. The molecule has 27 heavy (non-hydrogen) atoms. The van der Waals surface area contributed by atoms with Gasteiger partial charge in [0.05, 0.1) is 12.0 Å². The topological polar surface area (TPSA) is 75.7 Å². The number of amides is 1. The molecule has 2 aromatic carbocycles. The van der Waals surface area contributed by atoms with Gasteiger partial charge in [-0.05, 0) is 56.2 Å². The smallest absolute Gasteiger partial charge is 0.251 e. The van der Waals surface area contributed by atoms with Gasteiger partial charge in [0.1, 0.15) is 5.75 Å². The average Bonchev–Trinajstić information content (AvgIpc) is 2.61. The Hall–Kier alpha value is -2.38. The summed E-state index contributed by atoms with van der Waals surface area (Å²) in [5.74, 6) is 0.431. The Bertz CT molecular complexity index is 906. The fraction of sp³-hybridized carbons (Fsp3) is 0.350. The second-order valence-electron chi connectivity index (χ2n) is 6.71. The monoisotopic (exact) mass is 390 g/mol. The first-order valence-corrected chi connectivity index (χ1v) is 10.1. The van der Waals surface area contributed by atoms with E-state index in [2.05, 4.69) is 5.32 Å². The van der Waals surface area contributed by atoms with Crippen molar-refractivity contribution in [2.75, 3.05) is 14.2 Å². The van der Waals surface area contributed by atoms with Gasteiger partial charge in [0, 0.05) is 25.2 Å². The van der Waals surface area contributed by atoms with Crippen molar-refractivity contribution in [1.82, 2.24) is 9.62 Å². The van der Waals surface area contributed by atoms with Crippen LogP contribution in [-0.4, -0.2) is 38.8 Å². The second kappa shape index (κ2) is 8.54. The summed E-state index contributed by atoms with van der Waals surface area (Å²) in [6, 6.07) is 11.8. The lowest BCUT2D eigenvalue weighted by molar-refractivity contribution is 0.0942. The SMILES string of the molecule is COc1ccc(CN(C)S(=O)(=O)c2ccc(C)c(C(=O)NC(C)C)c2)cc1. The molecule has 0 aliphatic rings. The van der Waals surface area contributed by atoms with Crippen molar-refractivity contribution in [3.8, 4) is 5.75 Å². The molecule has 0 aliphatic heterocycles. The van der Waals surface area contributed by atoms with Crippen LogP contribution in [-0.2, 0) is 16.6 Å². The molecule has 1 amide bonds. The maximum absolute atomic E-state index is 12.9. The van der Waals surface area contributed by atoms with E-state index in [0.717, 1.165) is 11.1 Å². The van der Waals surface area contributed by atoms with E-state index in [1.807, 2.05) is 26.0 Å². The number of hydrogen-bond acceptors (Lipinski definition) is 4. The summed E-state index contributed by atoms with van der Waals surface area (Å²) in [6.45, 7) is 5.72. The van der Waals surface area contributed by atoms with Crippen molar-refractivity contribution >= 4 is 15.9 Å². The molecular formula is C20H26N2O4S. The first-order chi connectivity index (χ1) is 12.6. The minimum absolute atomic E-state index is 0.0325. The van der Waals surface area contributed by atoms with Gasteiger partial charge in [-0.1, -0.05) is 18.2 Å². The van der Waals surface area contributed by atoms with Gasteiger partial charge in [-0.2, -0.15) is 4.31 Å². The van der Waals surface area contributed by atoms with Crippen LogP contribution < -0.4 is 10.1 Å². The predicted molar refractivity (Wildman–Crippen MR) is 105 cm³/mol. The van der Waals surface area contributed by atoms with E-state index in [0.29, 0.717) is 11.3 Å². The van der Waals surface area contributed by atoms with Crippen molar-refractivity contribution < 1.29 is 17.9 Å². The Morgan fingerprint density at radius 2 is 1.78 bits per heavy atom. The van der Waals surface area contributed by atoms with Gasteiger partial charge in [0.15, 0.2) is 0 Å². The molecule has 0 saturated carbocycles. The zero-order valence-electron chi connectivity index (χ0n) is 16.3. The number of nitrogens with one attached hydrogen (secondary N) is 1. The highest BCUT2D eigenvalue weighted by Crippen LogP contribution is 2.21. The van der Waals surface area contributed by atoms with Crippen molar-refractivity contribution in [2.45, 2.75) is 38.3 Å². The average molecular weight is 391 g/mol. The molecule has 0 heterocycles. The molecule has 0 radical (unpaired) electrons. The molecule has 0 saturated heterocycles. The molecule has 0 spiro atoms. The number of methoxy groups -OCH3 is 1. The summed E-state index contributed by atoms with van der Waals surface area (Å²) in [5, 5.41) is 2.80. The third-order valence-electron chi connectivity index (χ3n) is 4.15. The minimum atomic E-state index is -3.73. The number of ether oxygens (including phenoxy) is 1. The van der Waals surface area contributed by atoms with E-state index in [-0.39, 0.29) is 23.4 Å². The first-order valence-electron chi connectivity index (χ1n) is 8.66. The number of carbonyl (C=O) groups is 1. The molecule has 0 bridgehead atoms. The lowest BCUT2D eigenvalue weighted by atomic mass is 10.1. The summed E-state index contributed by atoms with van der Waals surface area (Å²) >= 11 is 0. The predicted octanol–water partition coefficient (Wildman–Crippen LogP) is 2.96. The summed E-state index contributed by atoms with van der Waals surface area (Å²) in [7, 11) is -0.632. The zero-order chi connectivity index (χ0) is 20.2. The van der Waals surface area contributed by atoms with E-state index in [1.54, 1.807) is 32.2 Å². The third kappa shape index (κ3) is 5.08. The third-order valence-corrected chi connectivity index (χ3v) is 5.95. The van der Waals surface area contributed by atoms with E-state index >= 15 is 0 Å². The summed E-state index contributed by atoms with van der Waals surface area (Å²) in [5.41, 5.74) is 1.93. The van der Waals surface area contributed by atoms with Gasteiger partial charge in [-0.3, -0.25) is 4.79 Å². The van der Waals surface area contributed by atoms with Crippen LogP contribution >= 0.6 is 0 Å². The zero-order valence-corrected chi connectivity index (χ0v) is 17.1. The maximum Gasteiger partial charge on any atom is 0.251 e. The van der Waals surface area contributed by atoms with Crippen LogP contribution in [0.2, 0.25) is 0 Å². The van der Waals surface area contributed by atoms with E-state index < -0.39 is 10.0 Å². The summed E-state index contributed by atoms with van der Waals surface area (Å²) in [4.78, 5) is 12.4. The molecule has 7 heteroatoms. The van der Waals surface area contributed by atoms with Crippen LogP contribution in [0.4, 0.5) is 0 Å². The van der Waals surface area contributed by atoms with Crippen LogP contribution in [0.15, 0.2) is 47.4 Å². The summed E-state index contributed by atoms with van der Waals surface area (Å²) in [6.07, 6.45) is 0. The first kappa shape index (κ1) is 20.9. The molecule has 0 aliphatic carbocycles. The molecule has 0 atom stereocenters. The lowest BCUT2D eigenvalue weighted by Gasteiger charge is -2.19. The number of rotatable bonds is 7. The standard InChI is InChI=1S/C20H26N2O4S/c1-14(2)21-20(23)19-12-18(11-6-15(19)3)27(24,25)22(4)13-16-7-9-17(26-5)10-8-16/h6-12,14H,13H2,1-5H3,(H,21,23). The van der Waals surface area contributed by atoms with Gasteiger partial charge in [0.25, 0.3) is 5.91 Å². The van der Waals surface area contributed by atoms with E-state index in [9.17, 15) is 13.2 Å². The van der Waals surface area contributed by atoms with Crippen molar-refractivity contribution in [2.24, 2.45) is 0 Å². The van der Waals surface area contributed by atoms with Crippen molar-refractivity contribution in [3.63, 3.8) is 0 Å². The van der Waals surface area contributed by atoms with Gasteiger partial charge in [-0.15, -0.1) is 0 Å². The molecule has 2 rings (SSSR count). The highest BCUT2D eigenvalue weighted by molar-refractivity contribution is 7.89. The van der Waals surface area contributed by atoms with Gasteiger partial charge < -0.3 is 10.1 Å². The molecule has 0 unspecified atom stereocenters. The van der Waals surface area contributed by atoms with Gasteiger partial charge in [0.2, 0.25) is 10.0 Å². The number of nitrogens with zero attached hydrogens (tertiary/aromatic N) is 1. The second-order valence-corrected chi connectivity index (χ2v) is 8.76. The number of sulfonamides is 1. The highest BCUT2D eigenvalue weighted by Gasteiger charge is 2.23.